The Morgan fingerprint density at radius 3 is 3.18 bits per heavy atom. The van der Waals surface area contributed by atoms with Gasteiger partial charge in [-0.05, 0) is 24.6 Å². The van der Waals surface area contributed by atoms with Crippen molar-refractivity contribution < 1.29 is 14.0 Å². The van der Waals surface area contributed by atoms with Crippen molar-refractivity contribution in [1.29, 1.82) is 0 Å². The molecule has 1 unspecified atom stereocenters. The molecule has 1 fully saturated rings. The number of ether oxygens (including phenoxy) is 2. The van der Waals surface area contributed by atoms with E-state index < -0.39 is 0 Å². The minimum Gasteiger partial charge on any atom is -0.489 e. The average molecular weight is 324 g/mol. The number of nitrogens with zero attached hydrogens (tertiary/aromatic N) is 3. The predicted molar refractivity (Wildman–Crippen MR) is 80.8 cm³/mol. The van der Waals surface area contributed by atoms with Gasteiger partial charge in [0.1, 0.15) is 18.5 Å². The van der Waals surface area contributed by atoms with E-state index in [0.717, 1.165) is 25.3 Å². The average Bonchev–Trinajstić information content (AvgIpc) is 3.10. The number of hydrogen-bond donors (Lipinski definition) is 0. The van der Waals surface area contributed by atoms with Gasteiger partial charge in [0.15, 0.2) is 5.82 Å². The summed E-state index contributed by atoms with van der Waals surface area (Å²) >= 11 is 5.97. The summed E-state index contributed by atoms with van der Waals surface area (Å²) in [5, 5.41) is 4.54. The van der Waals surface area contributed by atoms with E-state index in [0.29, 0.717) is 29.9 Å². The first-order valence-corrected chi connectivity index (χ1v) is 7.55. The maximum absolute atomic E-state index is 5.97. The van der Waals surface area contributed by atoms with Crippen molar-refractivity contribution in [3.05, 3.63) is 41.0 Å². The third kappa shape index (κ3) is 3.97. The molecule has 1 aromatic heterocycles. The second-order valence-corrected chi connectivity index (χ2v) is 5.69. The Morgan fingerprint density at radius 1 is 1.45 bits per heavy atom. The van der Waals surface area contributed by atoms with Crippen molar-refractivity contribution in [2.24, 2.45) is 0 Å². The third-order valence-corrected chi connectivity index (χ3v) is 3.71. The fraction of sp³-hybridized carbons (Fsp3) is 0.467. The van der Waals surface area contributed by atoms with Gasteiger partial charge in [-0.15, -0.1) is 0 Å². The zero-order chi connectivity index (χ0) is 15.4. The van der Waals surface area contributed by atoms with Crippen molar-refractivity contribution in [1.82, 2.24) is 15.0 Å². The van der Waals surface area contributed by atoms with Gasteiger partial charge in [0.2, 0.25) is 5.89 Å². The minimum atomic E-state index is 0.153. The van der Waals surface area contributed by atoms with Crippen molar-refractivity contribution in [2.45, 2.75) is 25.7 Å². The Bertz CT molecular complexity index is 620. The molecule has 2 heterocycles. The van der Waals surface area contributed by atoms with E-state index in [1.165, 1.54) is 0 Å². The second kappa shape index (κ2) is 7.09. The molecule has 0 bridgehead atoms. The van der Waals surface area contributed by atoms with Gasteiger partial charge < -0.3 is 14.0 Å². The Labute approximate surface area is 134 Å². The van der Waals surface area contributed by atoms with Crippen molar-refractivity contribution in [3.63, 3.8) is 0 Å². The van der Waals surface area contributed by atoms with Gasteiger partial charge in [0.05, 0.1) is 6.54 Å². The van der Waals surface area contributed by atoms with Crippen LogP contribution in [0.15, 0.2) is 28.8 Å². The summed E-state index contributed by atoms with van der Waals surface area (Å²) in [5.41, 5.74) is 0. The molecule has 1 aromatic carbocycles. The molecule has 2 aromatic rings. The van der Waals surface area contributed by atoms with E-state index in [1.54, 1.807) is 7.11 Å². The highest BCUT2D eigenvalue weighted by atomic mass is 35.5. The standard InChI is InChI=1S/C15H18ClN3O3/c1-20-10-14-17-15(22-18-14)9-19-6-5-13(8-19)21-12-4-2-3-11(16)7-12/h2-4,7,13H,5-6,8-10H2,1H3. The lowest BCUT2D eigenvalue weighted by Crippen LogP contribution is -2.24. The second-order valence-electron chi connectivity index (χ2n) is 5.26. The normalized spacial score (nSPS) is 18.7. The Morgan fingerprint density at radius 2 is 2.36 bits per heavy atom. The van der Waals surface area contributed by atoms with E-state index in [4.69, 9.17) is 25.6 Å². The van der Waals surface area contributed by atoms with E-state index in [2.05, 4.69) is 15.0 Å². The number of rotatable bonds is 6. The van der Waals surface area contributed by atoms with Crippen LogP contribution < -0.4 is 4.74 Å². The van der Waals surface area contributed by atoms with Crippen LogP contribution in [0.3, 0.4) is 0 Å². The zero-order valence-electron chi connectivity index (χ0n) is 12.4. The quantitative estimate of drug-likeness (QED) is 0.814. The molecule has 6 nitrogen and oxygen atoms in total. The van der Waals surface area contributed by atoms with Gasteiger partial charge in [-0.1, -0.05) is 22.8 Å². The van der Waals surface area contributed by atoms with Crippen molar-refractivity contribution in [2.75, 3.05) is 20.2 Å². The van der Waals surface area contributed by atoms with Crippen LogP contribution in [0, 0.1) is 0 Å². The maximum atomic E-state index is 5.97. The molecule has 0 N–H and O–H groups in total. The number of likely N-dealkylation sites (tertiary alicyclic amines) is 1. The summed E-state index contributed by atoms with van der Waals surface area (Å²) in [5.74, 6) is 1.98. The summed E-state index contributed by atoms with van der Waals surface area (Å²) in [6.45, 7) is 2.76. The van der Waals surface area contributed by atoms with Crippen LogP contribution in [0.25, 0.3) is 0 Å². The molecular weight excluding hydrogens is 306 g/mol. The summed E-state index contributed by atoms with van der Waals surface area (Å²) in [7, 11) is 1.61. The molecule has 7 heteroatoms. The Hall–Kier alpha value is -1.63. The summed E-state index contributed by atoms with van der Waals surface area (Å²) in [4.78, 5) is 6.52. The van der Waals surface area contributed by atoms with Crippen molar-refractivity contribution >= 4 is 11.6 Å². The SMILES string of the molecule is COCc1noc(CN2CCC(Oc3cccc(Cl)c3)C2)n1. The molecule has 22 heavy (non-hydrogen) atoms. The molecule has 1 aliphatic rings. The summed E-state index contributed by atoms with van der Waals surface area (Å²) in [6.07, 6.45) is 1.12. The lowest BCUT2D eigenvalue weighted by atomic mass is 10.3. The highest BCUT2D eigenvalue weighted by molar-refractivity contribution is 6.30. The Kier molecular flexibility index (Phi) is 4.92. The minimum absolute atomic E-state index is 0.153. The monoisotopic (exact) mass is 323 g/mol. The van der Waals surface area contributed by atoms with Gasteiger partial charge in [-0.3, -0.25) is 4.90 Å². The fourth-order valence-electron chi connectivity index (χ4n) is 2.50. The van der Waals surface area contributed by atoms with E-state index >= 15 is 0 Å². The number of aromatic nitrogens is 2. The number of methoxy groups -OCH3 is 1. The van der Waals surface area contributed by atoms with Gasteiger partial charge in [0.25, 0.3) is 0 Å². The molecule has 0 aliphatic carbocycles. The highest BCUT2D eigenvalue weighted by Crippen LogP contribution is 2.22. The largest absolute Gasteiger partial charge is 0.489 e. The van der Waals surface area contributed by atoms with Crippen LogP contribution >= 0.6 is 11.6 Å². The smallest absolute Gasteiger partial charge is 0.240 e. The molecule has 1 atom stereocenters. The molecule has 3 rings (SSSR count). The zero-order valence-corrected chi connectivity index (χ0v) is 13.1. The first-order valence-electron chi connectivity index (χ1n) is 7.18. The van der Waals surface area contributed by atoms with Gasteiger partial charge in [-0.25, -0.2) is 0 Å². The molecule has 0 spiro atoms. The lowest BCUT2D eigenvalue weighted by molar-refractivity contribution is 0.174. The summed E-state index contributed by atoms with van der Waals surface area (Å²) in [6, 6.07) is 7.48. The van der Waals surface area contributed by atoms with E-state index in [-0.39, 0.29) is 6.10 Å². The van der Waals surface area contributed by atoms with Gasteiger partial charge in [-0.2, -0.15) is 4.98 Å². The number of halogens is 1. The summed E-state index contributed by atoms with van der Waals surface area (Å²) < 4.78 is 16.1. The van der Waals surface area contributed by atoms with Crippen LogP contribution in [0.4, 0.5) is 0 Å². The van der Waals surface area contributed by atoms with Crippen LogP contribution in [0.5, 0.6) is 5.75 Å². The molecule has 1 saturated heterocycles. The molecule has 0 amide bonds. The topological polar surface area (TPSA) is 60.6 Å². The molecule has 0 radical (unpaired) electrons. The Balaban J connectivity index is 1.51. The molecule has 118 valence electrons. The van der Waals surface area contributed by atoms with E-state index in [9.17, 15) is 0 Å². The van der Waals surface area contributed by atoms with Gasteiger partial charge in [0, 0.05) is 25.2 Å². The first kappa shape index (κ1) is 15.3. The van der Waals surface area contributed by atoms with Crippen LogP contribution in [0.2, 0.25) is 5.02 Å². The predicted octanol–water partition coefficient (Wildman–Crippen LogP) is 2.52. The lowest BCUT2D eigenvalue weighted by Gasteiger charge is -2.15. The number of benzene rings is 1. The highest BCUT2D eigenvalue weighted by Gasteiger charge is 2.25. The molecule has 1 aliphatic heterocycles. The molecule has 0 saturated carbocycles. The number of hydrogen-bond acceptors (Lipinski definition) is 6. The van der Waals surface area contributed by atoms with Gasteiger partial charge >= 0.3 is 0 Å². The fourth-order valence-corrected chi connectivity index (χ4v) is 2.68. The first-order chi connectivity index (χ1) is 10.7. The van der Waals surface area contributed by atoms with Crippen LogP contribution in [-0.4, -0.2) is 41.3 Å². The maximum Gasteiger partial charge on any atom is 0.240 e. The van der Waals surface area contributed by atoms with E-state index in [1.807, 2.05) is 24.3 Å². The third-order valence-electron chi connectivity index (χ3n) is 3.47. The van der Waals surface area contributed by atoms with Crippen LogP contribution in [-0.2, 0) is 17.9 Å². The van der Waals surface area contributed by atoms with Crippen molar-refractivity contribution in [3.8, 4) is 5.75 Å². The molecular formula is C15H18ClN3O3. The van der Waals surface area contributed by atoms with Crippen LogP contribution in [0.1, 0.15) is 18.1 Å².